The van der Waals surface area contributed by atoms with Crippen LogP contribution in [0.1, 0.15) is 37.7 Å². The Kier molecular flexibility index (Phi) is 4.15. The number of nitrogens with two attached hydrogens (primary N) is 1. The molecule has 1 aliphatic carbocycles. The Morgan fingerprint density at radius 2 is 1.88 bits per heavy atom. The smallest absolute Gasteiger partial charge is 0.224 e. The highest BCUT2D eigenvalue weighted by molar-refractivity contribution is 5.90. The molecule has 1 saturated carbocycles. The summed E-state index contributed by atoms with van der Waals surface area (Å²) in [5, 5.41) is 2.94. The molecule has 17 heavy (non-hydrogen) atoms. The molecule has 1 amide bonds. The fraction of sp³-hybridized carbons (Fsp3) is 0.500. The van der Waals surface area contributed by atoms with Crippen molar-refractivity contribution in [2.24, 2.45) is 11.7 Å². The number of benzene rings is 1. The van der Waals surface area contributed by atoms with Gasteiger partial charge in [0.05, 0.1) is 0 Å². The second-order valence-electron chi connectivity index (χ2n) is 4.80. The highest BCUT2D eigenvalue weighted by Gasteiger charge is 2.18. The van der Waals surface area contributed by atoms with E-state index in [1.165, 1.54) is 25.7 Å². The van der Waals surface area contributed by atoms with Crippen molar-refractivity contribution in [1.29, 1.82) is 0 Å². The maximum atomic E-state index is 11.8. The van der Waals surface area contributed by atoms with Gasteiger partial charge >= 0.3 is 0 Å². The van der Waals surface area contributed by atoms with Crippen molar-refractivity contribution in [2.45, 2.75) is 38.6 Å². The molecular weight excluding hydrogens is 212 g/mol. The van der Waals surface area contributed by atoms with Crippen molar-refractivity contribution in [3.8, 4) is 0 Å². The first-order chi connectivity index (χ1) is 8.28. The van der Waals surface area contributed by atoms with Crippen LogP contribution in [0.3, 0.4) is 0 Å². The van der Waals surface area contributed by atoms with E-state index in [9.17, 15) is 4.79 Å². The zero-order valence-corrected chi connectivity index (χ0v) is 10.1. The molecule has 1 aliphatic rings. The van der Waals surface area contributed by atoms with E-state index in [0.717, 1.165) is 11.3 Å². The SMILES string of the molecule is NCc1ccc(NC(=O)CC2CCCC2)cc1. The Bertz CT molecular complexity index is 366. The number of carbonyl (C=O) groups excluding carboxylic acids is 1. The van der Waals surface area contributed by atoms with Crippen LogP contribution in [0.15, 0.2) is 24.3 Å². The van der Waals surface area contributed by atoms with Gasteiger partial charge in [0.15, 0.2) is 0 Å². The van der Waals surface area contributed by atoms with Crippen LogP contribution in [0.2, 0.25) is 0 Å². The molecule has 0 spiro atoms. The second kappa shape index (κ2) is 5.82. The summed E-state index contributed by atoms with van der Waals surface area (Å²) in [4.78, 5) is 11.8. The molecular formula is C14H20N2O. The third-order valence-corrected chi connectivity index (χ3v) is 3.42. The van der Waals surface area contributed by atoms with Crippen molar-refractivity contribution in [2.75, 3.05) is 5.32 Å². The van der Waals surface area contributed by atoms with Crippen LogP contribution in [-0.2, 0) is 11.3 Å². The van der Waals surface area contributed by atoms with Crippen LogP contribution < -0.4 is 11.1 Å². The minimum Gasteiger partial charge on any atom is -0.326 e. The topological polar surface area (TPSA) is 55.1 Å². The first-order valence-corrected chi connectivity index (χ1v) is 6.37. The highest BCUT2D eigenvalue weighted by Crippen LogP contribution is 2.27. The molecule has 0 saturated heterocycles. The molecule has 0 unspecified atom stereocenters. The van der Waals surface area contributed by atoms with Gasteiger partial charge in [0.1, 0.15) is 0 Å². The number of hydrogen-bond acceptors (Lipinski definition) is 2. The predicted molar refractivity (Wildman–Crippen MR) is 69.5 cm³/mol. The van der Waals surface area contributed by atoms with E-state index in [4.69, 9.17) is 5.73 Å². The fourth-order valence-electron chi connectivity index (χ4n) is 2.41. The highest BCUT2D eigenvalue weighted by atomic mass is 16.1. The molecule has 0 bridgehead atoms. The first kappa shape index (κ1) is 12.1. The van der Waals surface area contributed by atoms with Crippen molar-refractivity contribution < 1.29 is 4.79 Å². The Labute approximate surface area is 102 Å². The van der Waals surface area contributed by atoms with Crippen molar-refractivity contribution in [3.05, 3.63) is 29.8 Å². The van der Waals surface area contributed by atoms with Gasteiger partial charge in [0.2, 0.25) is 5.91 Å². The van der Waals surface area contributed by atoms with Gasteiger partial charge < -0.3 is 11.1 Å². The zero-order valence-electron chi connectivity index (χ0n) is 10.1. The zero-order chi connectivity index (χ0) is 12.1. The minimum absolute atomic E-state index is 0.136. The normalized spacial score (nSPS) is 16.1. The molecule has 3 nitrogen and oxygen atoms in total. The van der Waals surface area contributed by atoms with Crippen LogP contribution in [-0.4, -0.2) is 5.91 Å². The third kappa shape index (κ3) is 3.56. The summed E-state index contributed by atoms with van der Waals surface area (Å²) in [5.41, 5.74) is 7.47. The number of carbonyl (C=O) groups is 1. The molecule has 1 aromatic rings. The standard InChI is InChI=1S/C14H20N2O/c15-10-12-5-7-13(8-6-12)16-14(17)9-11-3-1-2-4-11/h5-8,11H,1-4,9-10,15H2,(H,16,17). The molecule has 0 aromatic heterocycles. The molecule has 1 aromatic carbocycles. The van der Waals surface area contributed by atoms with Crippen LogP contribution in [0.4, 0.5) is 5.69 Å². The Balaban J connectivity index is 1.84. The monoisotopic (exact) mass is 232 g/mol. The number of rotatable bonds is 4. The van der Waals surface area contributed by atoms with E-state index in [1.54, 1.807) is 0 Å². The van der Waals surface area contributed by atoms with Crippen molar-refractivity contribution >= 4 is 11.6 Å². The number of nitrogens with one attached hydrogen (secondary N) is 1. The van der Waals surface area contributed by atoms with E-state index in [-0.39, 0.29) is 5.91 Å². The number of amides is 1. The lowest BCUT2D eigenvalue weighted by Gasteiger charge is -2.09. The summed E-state index contributed by atoms with van der Waals surface area (Å²) >= 11 is 0. The van der Waals surface area contributed by atoms with Gasteiger partial charge in [-0.05, 0) is 36.5 Å². The molecule has 0 heterocycles. The Morgan fingerprint density at radius 3 is 2.47 bits per heavy atom. The minimum atomic E-state index is 0.136. The van der Waals surface area contributed by atoms with Gasteiger partial charge in [0, 0.05) is 18.7 Å². The molecule has 3 heteroatoms. The summed E-state index contributed by atoms with van der Waals surface area (Å²) in [6, 6.07) is 7.72. The fourth-order valence-corrected chi connectivity index (χ4v) is 2.41. The van der Waals surface area contributed by atoms with E-state index < -0.39 is 0 Å². The van der Waals surface area contributed by atoms with Gasteiger partial charge in [-0.15, -0.1) is 0 Å². The summed E-state index contributed by atoms with van der Waals surface area (Å²) in [6.45, 7) is 0.538. The maximum Gasteiger partial charge on any atom is 0.224 e. The molecule has 0 radical (unpaired) electrons. The average Bonchev–Trinajstić information content (AvgIpc) is 2.82. The molecule has 0 atom stereocenters. The van der Waals surface area contributed by atoms with Gasteiger partial charge in [0.25, 0.3) is 0 Å². The van der Waals surface area contributed by atoms with Crippen LogP contribution in [0.25, 0.3) is 0 Å². The summed E-state index contributed by atoms with van der Waals surface area (Å²) in [6.07, 6.45) is 5.64. The summed E-state index contributed by atoms with van der Waals surface area (Å²) in [7, 11) is 0. The van der Waals surface area contributed by atoms with Crippen molar-refractivity contribution in [3.63, 3.8) is 0 Å². The average molecular weight is 232 g/mol. The van der Waals surface area contributed by atoms with Gasteiger partial charge in [-0.1, -0.05) is 25.0 Å². The lowest BCUT2D eigenvalue weighted by molar-refractivity contribution is -0.117. The van der Waals surface area contributed by atoms with E-state index >= 15 is 0 Å². The van der Waals surface area contributed by atoms with Gasteiger partial charge in [-0.3, -0.25) is 4.79 Å². The van der Waals surface area contributed by atoms with E-state index in [2.05, 4.69) is 5.32 Å². The quantitative estimate of drug-likeness (QED) is 0.838. The Morgan fingerprint density at radius 1 is 1.24 bits per heavy atom. The van der Waals surface area contributed by atoms with Crippen LogP contribution in [0.5, 0.6) is 0 Å². The second-order valence-corrected chi connectivity index (χ2v) is 4.80. The lowest BCUT2D eigenvalue weighted by Crippen LogP contribution is -2.15. The van der Waals surface area contributed by atoms with Gasteiger partial charge in [-0.2, -0.15) is 0 Å². The molecule has 2 rings (SSSR count). The van der Waals surface area contributed by atoms with Crippen molar-refractivity contribution in [1.82, 2.24) is 0 Å². The molecule has 1 fully saturated rings. The first-order valence-electron chi connectivity index (χ1n) is 6.37. The summed E-state index contributed by atoms with van der Waals surface area (Å²) < 4.78 is 0. The Hall–Kier alpha value is -1.35. The summed E-state index contributed by atoms with van der Waals surface area (Å²) in [5.74, 6) is 0.732. The van der Waals surface area contributed by atoms with Crippen LogP contribution in [0, 0.1) is 5.92 Å². The van der Waals surface area contributed by atoms with Gasteiger partial charge in [-0.25, -0.2) is 0 Å². The third-order valence-electron chi connectivity index (χ3n) is 3.42. The predicted octanol–water partition coefficient (Wildman–Crippen LogP) is 2.66. The lowest BCUT2D eigenvalue weighted by atomic mass is 10.0. The van der Waals surface area contributed by atoms with Crippen LogP contribution >= 0.6 is 0 Å². The number of hydrogen-bond donors (Lipinski definition) is 2. The largest absolute Gasteiger partial charge is 0.326 e. The molecule has 3 N–H and O–H groups in total. The number of anilines is 1. The molecule has 92 valence electrons. The molecule has 0 aliphatic heterocycles. The van der Waals surface area contributed by atoms with E-state index in [0.29, 0.717) is 18.9 Å². The maximum absolute atomic E-state index is 11.8. The van der Waals surface area contributed by atoms with E-state index in [1.807, 2.05) is 24.3 Å².